The highest BCUT2D eigenvalue weighted by Crippen LogP contribution is 2.41. The first-order valence-corrected chi connectivity index (χ1v) is 9.44. The predicted octanol–water partition coefficient (Wildman–Crippen LogP) is 4.76. The Kier molecular flexibility index (Phi) is 3.18. The van der Waals surface area contributed by atoms with Crippen LogP contribution in [0.5, 0.6) is 0 Å². The van der Waals surface area contributed by atoms with Gasteiger partial charge >= 0.3 is 0 Å². The van der Waals surface area contributed by atoms with Gasteiger partial charge in [0.25, 0.3) is 0 Å². The summed E-state index contributed by atoms with van der Waals surface area (Å²) in [6.45, 7) is 9.02. The molecule has 25 heavy (non-hydrogen) atoms. The van der Waals surface area contributed by atoms with Crippen molar-refractivity contribution in [1.29, 1.82) is 0 Å². The highest BCUT2D eigenvalue weighted by molar-refractivity contribution is 5.89. The van der Waals surface area contributed by atoms with Crippen molar-refractivity contribution >= 4 is 10.9 Å². The zero-order valence-electron chi connectivity index (χ0n) is 15.7. The summed E-state index contributed by atoms with van der Waals surface area (Å²) in [6, 6.07) is 12.3. The third-order valence-electron chi connectivity index (χ3n) is 6.71. The molecule has 0 spiro atoms. The van der Waals surface area contributed by atoms with E-state index in [1.165, 1.54) is 40.7 Å². The van der Waals surface area contributed by atoms with Crippen LogP contribution in [0.25, 0.3) is 10.9 Å². The SMILES string of the molecule is Cc1ccc2c(c1)CCN1Cc3c(ccc4c3c(C)c(C)n4C)CC21. The van der Waals surface area contributed by atoms with Crippen LogP contribution in [0.4, 0.5) is 0 Å². The van der Waals surface area contributed by atoms with Crippen LogP contribution in [0.15, 0.2) is 30.3 Å². The second-order valence-corrected chi connectivity index (χ2v) is 8.01. The lowest BCUT2D eigenvalue weighted by atomic mass is 9.82. The maximum absolute atomic E-state index is 2.71. The van der Waals surface area contributed by atoms with E-state index in [2.05, 4.69) is 67.6 Å². The fourth-order valence-electron chi connectivity index (χ4n) is 5.09. The molecule has 2 aliphatic rings. The summed E-state index contributed by atoms with van der Waals surface area (Å²) in [5.41, 5.74) is 11.9. The van der Waals surface area contributed by atoms with Crippen molar-refractivity contribution in [2.45, 2.75) is 46.2 Å². The molecule has 2 aromatic carbocycles. The molecule has 1 atom stereocenters. The van der Waals surface area contributed by atoms with Gasteiger partial charge in [-0.2, -0.15) is 0 Å². The van der Waals surface area contributed by atoms with E-state index in [1.54, 1.807) is 22.3 Å². The molecule has 0 aliphatic carbocycles. The van der Waals surface area contributed by atoms with E-state index in [9.17, 15) is 0 Å². The smallest absolute Gasteiger partial charge is 0.0486 e. The van der Waals surface area contributed by atoms with Gasteiger partial charge in [-0.25, -0.2) is 0 Å². The lowest BCUT2D eigenvalue weighted by molar-refractivity contribution is 0.162. The van der Waals surface area contributed by atoms with Crippen molar-refractivity contribution in [1.82, 2.24) is 9.47 Å². The Labute approximate surface area is 150 Å². The Morgan fingerprint density at radius 3 is 2.68 bits per heavy atom. The third kappa shape index (κ3) is 2.07. The van der Waals surface area contributed by atoms with Gasteiger partial charge in [-0.1, -0.05) is 29.8 Å². The topological polar surface area (TPSA) is 8.17 Å². The number of benzene rings is 2. The summed E-state index contributed by atoms with van der Waals surface area (Å²) < 4.78 is 2.35. The van der Waals surface area contributed by atoms with Crippen LogP contribution in [0.1, 0.15) is 45.1 Å². The van der Waals surface area contributed by atoms with Crippen LogP contribution >= 0.6 is 0 Å². The summed E-state index contributed by atoms with van der Waals surface area (Å²) in [4.78, 5) is 2.71. The van der Waals surface area contributed by atoms with Crippen molar-refractivity contribution < 1.29 is 0 Å². The fraction of sp³-hybridized carbons (Fsp3) is 0.391. The minimum atomic E-state index is 0.555. The van der Waals surface area contributed by atoms with Gasteiger partial charge < -0.3 is 4.57 Å². The van der Waals surface area contributed by atoms with Gasteiger partial charge in [-0.05, 0) is 67.5 Å². The molecule has 5 rings (SSSR count). The molecule has 0 fully saturated rings. The molecular weight excluding hydrogens is 304 g/mol. The van der Waals surface area contributed by atoms with Gasteiger partial charge in [0.2, 0.25) is 0 Å². The first-order valence-electron chi connectivity index (χ1n) is 9.44. The lowest BCUT2D eigenvalue weighted by Gasteiger charge is -2.42. The Hall–Kier alpha value is -2.06. The third-order valence-corrected chi connectivity index (χ3v) is 6.71. The van der Waals surface area contributed by atoms with Crippen LogP contribution in [-0.2, 0) is 26.4 Å². The molecule has 1 aromatic heterocycles. The number of hydrogen-bond acceptors (Lipinski definition) is 1. The van der Waals surface area contributed by atoms with Gasteiger partial charge in [0.05, 0.1) is 0 Å². The molecule has 2 aliphatic heterocycles. The van der Waals surface area contributed by atoms with Gasteiger partial charge in [0, 0.05) is 42.8 Å². The quantitative estimate of drug-likeness (QED) is 0.577. The van der Waals surface area contributed by atoms with Crippen molar-refractivity contribution in [3.63, 3.8) is 0 Å². The first-order chi connectivity index (χ1) is 12.0. The van der Waals surface area contributed by atoms with Crippen molar-refractivity contribution in [2.75, 3.05) is 6.54 Å². The lowest BCUT2D eigenvalue weighted by Crippen LogP contribution is -2.39. The molecule has 2 nitrogen and oxygen atoms in total. The van der Waals surface area contributed by atoms with E-state index >= 15 is 0 Å². The molecule has 0 N–H and O–H groups in total. The van der Waals surface area contributed by atoms with Crippen molar-refractivity contribution in [3.8, 4) is 0 Å². The predicted molar refractivity (Wildman–Crippen MR) is 104 cm³/mol. The van der Waals surface area contributed by atoms with Crippen LogP contribution in [0, 0.1) is 20.8 Å². The van der Waals surface area contributed by atoms with Gasteiger partial charge in [-0.3, -0.25) is 4.90 Å². The molecule has 3 heterocycles. The summed E-state index contributed by atoms with van der Waals surface area (Å²) in [7, 11) is 2.20. The number of aryl methyl sites for hydroxylation is 3. The minimum absolute atomic E-state index is 0.555. The number of nitrogens with zero attached hydrogens (tertiary/aromatic N) is 2. The number of hydrogen-bond donors (Lipinski definition) is 0. The molecule has 0 radical (unpaired) electrons. The average Bonchev–Trinajstić information content (AvgIpc) is 2.84. The average molecular weight is 330 g/mol. The molecular formula is C23H26N2. The minimum Gasteiger partial charge on any atom is -0.348 e. The van der Waals surface area contributed by atoms with Crippen molar-refractivity contribution in [2.24, 2.45) is 7.05 Å². The molecule has 0 saturated carbocycles. The number of rotatable bonds is 0. The van der Waals surface area contributed by atoms with E-state index in [0.717, 1.165) is 13.0 Å². The van der Waals surface area contributed by atoms with Crippen molar-refractivity contribution in [3.05, 3.63) is 69.4 Å². The molecule has 128 valence electrons. The summed E-state index contributed by atoms with van der Waals surface area (Å²) >= 11 is 0. The Bertz CT molecular complexity index is 1010. The highest BCUT2D eigenvalue weighted by atomic mass is 15.2. The Morgan fingerprint density at radius 1 is 1.00 bits per heavy atom. The molecule has 0 amide bonds. The molecule has 1 unspecified atom stereocenters. The Balaban J connectivity index is 1.66. The second kappa shape index (κ2) is 5.22. The number of fused-ring (bicyclic) bond motifs is 6. The first kappa shape index (κ1) is 15.2. The van der Waals surface area contributed by atoms with Crippen LogP contribution in [0.3, 0.4) is 0 Å². The zero-order chi connectivity index (χ0) is 17.3. The van der Waals surface area contributed by atoms with Gasteiger partial charge in [0.15, 0.2) is 0 Å². The molecule has 2 heteroatoms. The maximum atomic E-state index is 2.71. The van der Waals surface area contributed by atoms with E-state index in [1.807, 2.05) is 0 Å². The summed E-state index contributed by atoms with van der Waals surface area (Å²) in [6.07, 6.45) is 2.33. The van der Waals surface area contributed by atoms with Gasteiger partial charge in [-0.15, -0.1) is 0 Å². The van der Waals surface area contributed by atoms with Crippen LogP contribution < -0.4 is 0 Å². The zero-order valence-corrected chi connectivity index (χ0v) is 15.7. The van der Waals surface area contributed by atoms with Crippen LogP contribution in [-0.4, -0.2) is 16.0 Å². The van der Waals surface area contributed by atoms with Crippen LogP contribution in [0.2, 0.25) is 0 Å². The molecule has 0 saturated heterocycles. The number of aromatic nitrogens is 1. The van der Waals surface area contributed by atoms with E-state index < -0.39 is 0 Å². The summed E-state index contributed by atoms with van der Waals surface area (Å²) in [5, 5.41) is 1.51. The fourth-order valence-corrected chi connectivity index (χ4v) is 5.09. The highest BCUT2D eigenvalue weighted by Gasteiger charge is 2.33. The standard InChI is InChI=1S/C23H26N2/c1-14-5-7-19-18(11-14)9-10-25-13-20-17(12-22(19)25)6-8-21-23(20)15(2)16(3)24(21)4/h5-8,11,22H,9-10,12-13H2,1-4H3. The van der Waals surface area contributed by atoms with Gasteiger partial charge in [0.1, 0.15) is 0 Å². The molecule has 3 aromatic rings. The second-order valence-electron chi connectivity index (χ2n) is 8.01. The van der Waals surface area contributed by atoms with E-state index in [-0.39, 0.29) is 0 Å². The maximum Gasteiger partial charge on any atom is 0.0486 e. The van der Waals surface area contributed by atoms with E-state index in [0.29, 0.717) is 6.04 Å². The summed E-state index contributed by atoms with van der Waals surface area (Å²) in [5.74, 6) is 0. The Morgan fingerprint density at radius 2 is 1.84 bits per heavy atom. The normalized spacial score (nSPS) is 19.6. The monoisotopic (exact) mass is 330 g/mol. The molecule has 0 bridgehead atoms. The van der Waals surface area contributed by atoms with E-state index in [4.69, 9.17) is 0 Å². The largest absolute Gasteiger partial charge is 0.348 e.